The molecule has 0 aliphatic heterocycles. The highest BCUT2D eigenvalue weighted by atomic mass is 16.3. The molecule has 26 heavy (non-hydrogen) atoms. The number of nitrogens with zero attached hydrogens (tertiary/aromatic N) is 2. The van der Waals surface area contributed by atoms with E-state index in [1.54, 1.807) is 10.9 Å². The molecule has 1 heterocycles. The van der Waals surface area contributed by atoms with Crippen LogP contribution < -0.4 is 5.32 Å². The van der Waals surface area contributed by atoms with Gasteiger partial charge in [0.05, 0.1) is 29.6 Å². The van der Waals surface area contributed by atoms with Crippen molar-refractivity contribution in [3.8, 4) is 0 Å². The molecule has 2 N–H and O–H groups in total. The lowest BCUT2D eigenvalue weighted by atomic mass is 10.0. The van der Waals surface area contributed by atoms with Gasteiger partial charge in [0.2, 0.25) is 0 Å². The average molecular weight is 347 g/mol. The first kappa shape index (κ1) is 16.5. The van der Waals surface area contributed by atoms with Crippen molar-refractivity contribution in [1.82, 2.24) is 15.1 Å². The van der Waals surface area contributed by atoms with Crippen LogP contribution in [0.3, 0.4) is 0 Å². The number of aliphatic hydroxyl groups excluding tert-OH is 1. The number of hydrogen-bond donors (Lipinski definition) is 2. The van der Waals surface area contributed by atoms with Crippen LogP contribution in [0.25, 0.3) is 0 Å². The van der Waals surface area contributed by atoms with E-state index >= 15 is 0 Å². The van der Waals surface area contributed by atoms with Gasteiger partial charge in [-0.25, -0.2) is 0 Å². The van der Waals surface area contributed by atoms with Crippen LogP contribution in [-0.2, 0) is 19.9 Å². The number of carbonyl (C=O) groups is 1. The minimum Gasteiger partial charge on any atom is -0.390 e. The highest BCUT2D eigenvalue weighted by molar-refractivity contribution is 5.95. The fourth-order valence-electron chi connectivity index (χ4n) is 3.62. The first-order valence-electron chi connectivity index (χ1n) is 8.75. The van der Waals surface area contributed by atoms with E-state index in [4.69, 9.17) is 0 Å². The van der Waals surface area contributed by atoms with Crippen molar-refractivity contribution < 1.29 is 9.90 Å². The molecule has 1 amide bonds. The van der Waals surface area contributed by atoms with Gasteiger partial charge in [-0.2, -0.15) is 5.10 Å². The predicted molar refractivity (Wildman–Crippen MR) is 98.8 cm³/mol. The Morgan fingerprint density at radius 1 is 1.19 bits per heavy atom. The number of rotatable bonds is 4. The molecule has 0 spiro atoms. The molecule has 3 aromatic rings. The number of aromatic nitrogens is 2. The maximum absolute atomic E-state index is 12.9. The molecule has 0 saturated heterocycles. The SMILES string of the molecule is Cn1ncc(C(=O)N[C@H]2c3ccccc3C[C@@H]2O)c1Cc1ccccc1. The van der Waals surface area contributed by atoms with E-state index in [0.29, 0.717) is 18.4 Å². The van der Waals surface area contributed by atoms with Crippen molar-refractivity contribution in [2.24, 2.45) is 7.05 Å². The third kappa shape index (κ3) is 3.02. The minimum atomic E-state index is -0.606. The van der Waals surface area contributed by atoms with Gasteiger partial charge in [0.1, 0.15) is 0 Å². The Bertz CT molecular complexity index is 933. The number of benzene rings is 2. The standard InChI is InChI=1S/C21H21N3O2/c1-24-18(11-14-7-3-2-4-8-14)17(13-22-24)21(26)23-20-16-10-6-5-9-15(16)12-19(20)25/h2-10,13,19-20,25H,11-12H2,1H3,(H,23,26)/t19-,20-/m0/s1. The van der Waals surface area contributed by atoms with E-state index in [-0.39, 0.29) is 11.9 Å². The zero-order valence-electron chi connectivity index (χ0n) is 14.6. The second-order valence-corrected chi connectivity index (χ2v) is 6.71. The summed E-state index contributed by atoms with van der Waals surface area (Å²) in [4.78, 5) is 12.9. The normalized spacial score (nSPS) is 18.5. The topological polar surface area (TPSA) is 67.2 Å². The van der Waals surface area contributed by atoms with Gasteiger partial charge < -0.3 is 10.4 Å². The Balaban J connectivity index is 1.58. The smallest absolute Gasteiger partial charge is 0.255 e. The number of aliphatic hydroxyl groups is 1. The number of amides is 1. The zero-order chi connectivity index (χ0) is 18.1. The second-order valence-electron chi connectivity index (χ2n) is 6.71. The van der Waals surface area contributed by atoms with Crippen LogP contribution >= 0.6 is 0 Å². The van der Waals surface area contributed by atoms with E-state index in [1.807, 2.05) is 61.6 Å². The highest BCUT2D eigenvalue weighted by Crippen LogP contribution is 2.31. The average Bonchev–Trinajstić information content (AvgIpc) is 3.16. The summed E-state index contributed by atoms with van der Waals surface area (Å²) in [5, 5.41) is 17.6. The molecule has 5 nitrogen and oxygen atoms in total. The molecule has 132 valence electrons. The highest BCUT2D eigenvalue weighted by Gasteiger charge is 2.32. The molecule has 0 radical (unpaired) electrons. The number of nitrogens with one attached hydrogen (secondary N) is 1. The van der Waals surface area contributed by atoms with Crippen LogP contribution in [0.4, 0.5) is 0 Å². The first-order valence-corrected chi connectivity index (χ1v) is 8.75. The van der Waals surface area contributed by atoms with Gasteiger partial charge in [-0.05, 0) is 16.7 Å². The van der Waals surface area contributed by atoms with Crippen molar-refractivity contribution in [2.45, 2.75) is 25.0 Å². The van der Waals surface area contributed by atoms with Crippen molar-refractivity contribution in [3.63, 3.8) is 0 Å². The van der Waals surface area contributed by atoms with Crippen molar-refractivity contribution in [1.29, 1.82) is 0 Å². The summed E-state index contributed by atoms with van der Waals surface area (Å²) >= 11 is 0. The molecular formula is C21H21N3O2. The number of aryl methyl sites for hydroxylation is 1. The van der Waals surface area contributed by atoms with Crippen LogP contribution in [0.1, 0.15) is 38.8 Å². The summed E-state index contributed by atoms with van der Waals surface area (Å²) < 4.78 is 1.74. The van der Waals surface area contributed by atoms with Crippen LogP contribution in [-0.4, -0.2) is 26.9 Å². The number of carbonyl (C=O) groups excluding carboxylic acids is 1. The maximum Gasteiger partial charge on any atom is 0.255 e. The van der Waals surface area contributed by atoms with Gasteiger partial charge in [0.25, 0.3) is 5.91 Å². The van der Waals surface area contributed by atoms with Gasteiger partial charge in [0.15, 0.2) is 0 Å². The predicted octanol–water partition coefficient (Wildman–Crippen LogP) is 2.40. The summed E-state index contributed by atoms with van der Waals surface area (Å²) in [5.74, 6) is -0.204. The molecule has 1 aliphatic rings. The van der Waals surface area contributed by atoms with E-state index in [1.165, 1.54) is 0 Å². The molecule has 0 unspecified atom stereocenters. The molecule has 5 heteroatoms. The van der Waals surface area contributed by atoms with Crippen LogP contribution in [0.5, 0.6) is 0 Å². The second kappa shape index (κ2) is 6.77. The van der Waals surface area contributed by atoms with Gasteiger partial charge in [-0.3, -0.25) is 9.48 Å². The Kier molecular flexibility index (Phi) is 4.31. The summed E-state index contributed by atoms with van der Waals surface area (Å²) in [6.45, 7) is 0. The van der Waals surface area contributed by atoms with Crippen molar-refractivity contribution in [2.75, 3.05) is 0 Å². The molecule has 0 fully saturated rings. The molecule has 0 saturated carbocycles. The third-order valence-electron chi connectivity index (χ3n) is 5.01. The Morgan fingerprint density at radius 3 is 2.73 bits per heavy atom. The minimum absolute atomic E-state index is 0.204. The lowest BCUT2D eigenvalue weighted by Crippen LogP contribution is -2.34. The van der Waals surface area contributed by atoms with E-state index < -0.39 is 6.10 Å². The monoisotopic (exact) mass is 347 g/mol. The van der Waals surface area contributed by atoms with Gasteiger partial charge in [-0.15, -0.1) is 0 Å². The molecular weight excluding hydrogens is 326 g/mol. The zero-order valence-corrected chi connectivity index (χ0v) is 14.6. The summed E-state index contributed by atoms with van der Waals surface area (Å²) in [6, 6.07) is 17.5. The first-order chi connectivity index (χ1) is 12.6. The molecule has 4 rings (SSSR count). The van der Waals surface area contributed by atoms with E-state index in [0.717, 1.165) is 22.4 Å². The summed E-state index contributed by atoms with van der Waals surface area (Å²) in [6.07, 6.45) is 2.18. The molecule has 0 bridgehead atoms. The Morgan fingerprint density at radius 2 is 1.92 bits per heavy atom. The molecule has 2 aromatic carbocycles. The van der Waals surface area contributed by atoms with Crippen molar-refractivity contribution >= 4 is 5.91 Å². The van der Waals surface area contributed by atoms with E-state index in [9.17, 15) is 9.90 Å². The van der Waals surface area contributed by atoms with Gasteiger partial charge in [0, 0.05) is 19.9 Å². The van der Waals surface area contributed by atoms with Gasteiger partial charge >= 0.3 is 0 Å². The van der Waals surface area contributed by atoms with Crippen LogP contribution in [0, 0.1) is 0 Å². The Labute approximate surface area is 152 Å². The molecule has 1 aliphatic carbocycles. The Hall–Kier alpha value is -2.92. The summed E-state index contributed by atoms with van der Waals surface area (Å²) in [5.41, 5.74) is 4.60. The fourth-order valence-corrected chi connectivity index (χ4v) is 3.62. The van der Waals surface area contributed by atoms with Crippen LogP contribution in [0.15, 0.2) is 60.8 Å². The van der Waals surface area contributed by atoms with Gasteiger partial charge in [-0.1, -0.05) is 54.6 Å². The molecule has 1 aromatic heterocycles. The van der Waals surface area contributed by atoms with Crippen LogP contribution in [0.2, 0.25) is 0 Å². The number of hydrogen-bond acceptors (Lipinski definition) is 3. The lowest BCUT2D eigenvalue weighted by molar-refractivity contribution is 0.0857. The molecule has 2 atom stereocenters. The fraction of sp³-hybridized carbons (Fsp3) is 0.238. The van der Waals surface area contributed by atoms with Crippen molar-refractivity contribution in [3.05, 3.63) is 88.7 Å². The maximum atomic E-state index is 12.9. The summed E-state index contributed by atoms with van der Waals surface area (Å²) in [7, 11) is 1.84. The largest absolute Gasteiger partial charge is 0.390 e. The lowest BCUT2D eigenvalue weighted by Gasteiger charge is -2.18. The van der Waals surface area contributed by atoms with E-state index in [2.05, 4.69) is 10.4 Å². The number of fused-ring (bicyclic) bond motifs is 1. The third-order valence-corrected chi connectivity index (χ3v) is 5.01. The quantitative estimate of drug-likeness (QED) is 0.762.